The number of nitrogens with zero attached hydrogens (tertiary/aromatic N) is 1. The van der Waals surface area contributed by atoms with Crippen molar-refractivity contribution < 1.29 is 27.8 Å². The molecule has 1 N–H and O–H groups in total. The second kappa shape index (κ2) is 7.26. The summed E-state index contributed by atoms with van der Waals surface area (Å²) in [7, 11) is 1.32. The summed E-state index contributed by atoms with van der Waals surface area (Å²) < 4.78 is 34.3. The number of hydrogen-bond donors (Lipinski definition) is 1. The van der Waals surface area contributed by atoms with E-state index in [-0.39, 0.29) is 23.0 Å². The van der Waals surface area contributed by atoms with Crippen LogP contribution in [0.25, 0.3) is 0 Å². The van der Waals surface area contributed by atoms with Crippen LogP contribution in [-0.2, 0) is 4.79 Å². The van der Waals surface area contributed by atoms with Gasteiger partial charge in [-0.15, -0.1) is 0 Å². The highest BCUT2D eigenvalue weighted by atomic mass is 19.3. The number of hydrogen-bond acceptors (Lipinski definition) is 4. The van der Waals surface area contributed by atoms with Crippen molar-refractivity contribution in [3.63, 3.8) is 0 Å². The molecule has 126 valence electrons. The highest BCUT2D eigenvalue weighted by molar-refractivity contribution is 5.98. The first-order valence-corrected chi connectivity index (χ1v) is 7.19. The fourth-order valence-electron chi connectivity index (χ4n) is 2.53. The average Bonchev–Trinajstić information content (AvgIpc) is 2.53. The van der Waals surface area contributed by atoms with Crippen molar-refractivity contribution >= 4 is 11.8 Å². The van der Waals surface area contributed by atoms with E-state index in [4.69, 9.17) is 4.74 Å². The molecule has 1 unspecified atom stereocenters. The number of carbonyl (C=O) groups excluding carboxylic acids is 2. The first-order valence-electron chi connectivity index (χ1n) is 7.19. The summed E-state index contributed by atoms with van der Waals surface area (Å²) in [6.07, 6.45) is 0.466. The Morgan fingerprint density at radius 3 is 2.78 bits per heavy atom. The van der Waals surface area contributed by atoms with Crippen molar-refractivity contribution in [3.8, 4) is 11.5 Å². The Labute approximate surface area is 132 Å². The monoisotopic (exact) mass is 328 g/mol. The Hall–Kier alpha value is -2.38. The van der Waals surface area contributed by atoms with Gasteiger partial charge in [0.1, 0.15) is 6.04 Å². The van der Waals surface area contributed by atoms with Crippen LogP contribution in [0.5, 0.6) is 11.5 Å². The van der Waals surface area contributed by atoms with Crippen LogP contribution < -0.4 is 14.8 Å². The molecule has 1 aliphatic rings. The second-order valence-electron chi connectivity index (χ2n) is 4.96. The smallest absolute Gasteiger partial charge is 0.387 e. The largest absolute Gasteiger partial charge is 0.493 e. The zero-order valence-electron chi connectivity index (χ0n) is 12.8. The first-order chi connectivity index (χ1) is 11.0. The molecule has 23 heavy (non-hydrogen) atoms. The van der Waals surface area contributed by atoms with E-state index in [0.29, 0.717) is 19.5 Å². The van der Waals surface area contributed by atoms with Gasteiger partial charge in [-0.1, -0.05) is 6.92 Å². The predicted molar refractivity (Wildman–Crippen MR) is 77.8 cm³/mol. The lowest BCUT2D eigenvalue weighted by Crippen LogP contribution is -2.56. The van der Waals surface area contributed by atoms with Gasteiger partial charge in [0.25, 0.3) is 5.91 Å². The lowest BCUT2D eigenvalue weighted by atomic mass is 10.1. The van der Waals surface area contributed by atoms with Crippen LogP contribution in [0.1, 0.15) is 23.7 Å². The topological polar surface area (TPSA) is 67.9 Å². The van der Waals surface area contributed by atoms with Crippen LogP contribution in [0.15, 0.2) is 18.2 Å². The molecule has 2 rings (SSSR count). The van der Waals surface area contributed by atoms with Gasteiger partial charge in [0.15, 0.2) is 11.5 Å². The van der Waals surface area contributed by atoms with Crippen LogP contribution in [0, 0.1) is 0 Å². The van der Waals surface area contributed by atoms with Crippen molar-refractivity contribution in [3.05, 3.63) is 23.8 Å². The molecule has 0 saturated carbocycles. The van der Waals surface area contributed by atoms with Gasteiger partial charge in [-0.2, -0.15) is 8.78 Å². The molecule has 0 bridgehead atoms. The molecule has 1 saturated heterocycles. The lowest BCUT2D eigenvalue weighted by molar-refractivity contribution is -0.127. The average molecular weight is 328 g/mol. The fourth-order valence-corrected chi connectivity index (χ4v) is 2.53. The summed E-state index contributed by atoms with van der Waals surface area (Å²) in [5.41, 5.74) is 0.162. The fraction of sp³-hybridized carbons (Fsp3) is 0.467. The van der Waals surface area contributed by atoms with Gasteiger partial charge >= 0.3 is 6.61 Å². The predicted octanol–water partition coefficient (Wildman–Crippen LogP) is 1.65. The van der Waals surface area contributed by atoms with Crippen molar-refractivity contribution in [2.24, 2.45) is 0 Å². The van der Waals surface area contributed by atoms with Crippen molar-refractivity contribution in [1.82, 2.24) is 10.2 Å². The maximum Gasteiger partial charge on any atom is 0.387 e. The van der Waals surface area contributed by atoms with Gasteiger partial charge in [-0.05, 0) is 24.6 Å². The van der Waals surface area contributed by atoms with E-state index in [1.807, 2.05) is 0 Å². The number of benzene rings is 1. The third-order valence-corrected chi connectivity index (χ3v) is 3.61. The lowest BCUT2D eigenvalue weighted by Gasteiger charge is -2.34. The molecule has 6 nitrogen and oxygen atoms in total. The van der Waals surface area contributed by atoms with E-state index in [2.05, 4.69) is 10.1 Å². The van der Waals surface area contributed by atoms with Gasteiger partial charge in [0.2, 0.25) is 5.91 Å². The van der Waals surface area contributed by atoms with Gasteiger partial charge in [-0.3, -0.25) is 9.59 Å². The number of carbonyl (C=O) groups is 2. The van der Waals surface area contributed by atoms with Crippen LogP contribution in [0.2, 0.25) is 0 Å². The zero-order chi connectivity index (χ0) is 17.0. The van der Waals surface area contributed by atoms with E-state index in [1.54, 1.807) is 6.92 Å². The quantitative estimate of drug-likeness (QED) is 0.892. The molecule has 0 aliphatic carbocycles. The number of rotatable bonds is 5. The molecule has 1 fully saturated rings. The number of alkyl halides is 2. The maximum atomic E-state index is 12.6. The molecule has 8 heteroatoms. The van der Waals surface area contributed by atoms with E-state index in [9.17, 15) is 18.4 Å². The Kier molecular flexibility index (Phi) is 5.36. The zero-order valence-corrected chi connectivity index (χ0v) is 12.8. The minimum absolute atomic E-state index is 0.102. The molecule has 1 atom stereocenters. The number of nitrogens with one attached hydrogen (secondary N) is 1. The van der Waals surface area contributed by atoms with Crippen LogP contribution in [0.4, 0.5) is 8.78 Å². The van der Waals surface area contributed by atoms with Crippen LogP contribution >= 0.6 is 0 Å². The minimum Gasteiger partial charge on any atom is -0.493 e. The number of piperazine rings is 1. The number of methoxy groups -OCH3 is 1. The van der Waals surface area contributed by atoms with Crippen LogP contribution in [0.3, 0.4) is 0 Å². The maximum absolute atomic E-state index is 12.6. The third kappa shape index (κ3) is 3.69. The third-order valence-electron chi connectivity index (χ3n) is 3.61. The van der Waals surface area contributed by atoms with E-state index in [0.717, 1.165) is 0 Å². The molecular weight excluding hydrogens is 310 g/mol. The summed E-state index contributed by atoms with van der Waals surface area (Å²) in [5, 5.41) is 2.70. The van der Waals surface area contributed by atoms with E-state index < -0.39 is 18.6 Å². The standard InChI is InChI=1S/C15H18F2N2O4/c1-3-10-13(20)18-6-7-19(10)14(21)9-4-5-11(22-2)12(8-9)23-15(16)17/h4-5,8,10,15H,3,6-7H2,1-2H3,(H,18,20). The number of amides is 2. The molecule has 0 radical (unpaired) electrons. The highest BCUT2D eigenvalue weighted by Crippen LogP contribution is 2.30. The van der Waals surface area contributed by atoms with E-state index >= 15 is 0 Å². The normalized spacial score (nSPS) is 17.9. The van der Waals surface area contributed by atoms with Gasteiger partial charge < -0.3 is 19.7 Å². The molecule has 0 aromatic heterocycles. The SMILES string of the molecule is CCC1C(=O)NCCN1C(=O)c1ccc(OC)c(OC(F)F)c1. The highest BCUT2D eigenvalue weighted by Gasteiger charge is 2.32. The van der Waals surface area contributed by atoms with Gasteiger partial charge in [0.05, 0.1) is 7.11 Å². The van der Waals surface area contributed by atoms with Gasteiger partial charge in [0, 0.05) is 18.7 Å². The Balaban J connectivity index is 2.29. The van der Waals surface area contributed by atoms with Gasteiger partial charge in [-0.25, -0.2) is 0 Å². The second-order valence-corrected chi connectivity index (χ2v) is 4.96. The summed E-state index contributed by atoms with van der Waals surface area (Å²) in [6, 6.07) is 3.47. The molecule has 0 spiro atoms. The van der Waals surface area contributed by atoms with Crippen molar-refractivity contribution in [1.29, 1.82) is 0 Å². The number of ether oxygens (including phenoxy) is 2. The molecule has 1 aromatic carbocycles. The minimum atomic E-state index is -3.03. The summed E-state index contributed by atoms with van der Waals surface area (Å²) in [4.78, 5) is 25.9. The number of halogens is 2. The first kappa shape index (κ1) is 17.0. The molecule has 1 heterocycles. The van der Waals surface area contributed by atoms with Crippen LogP contribution in [-0.4, -0.2) is 49.6 Å². The summed E-state index contributed by atoms with van der Waals surface area (Å²) in [5.74, 6) is -0.744. The molecule has 1 aromatic rings. The van der Waals surface area contributed by atoms with E-state index in [1.165, 1.54) is 30.2 Å². The Morgan fingerprint density at radius 2 is 2.17 bits per heavy atom. The molecule has 1 aliphatic heterocycles. The van der Waals surface area contributed by atoms with Crippen molar-refractivity contribution in [2.45, 2.75) is 26.0 Å². The Morgan fingerprint density at radius 1 is 1.43 bits per heavy atom. The summed E-state index contributed by atoms with van der Waals surface area (Å²) in [6.45, 7) is -0.508. The Bertz CT molecular complexity index is 595. The summed E-state index contributed by atoms with van der Waals surface area (Å²) >= 11 is 0. The molecular formula is C15H18F2N2O4. The van der Waals surface area contributed by atoms with Crippen molar-refractivity contribution in [2.75, 3.05) is 20.2 Å². The molecule has 2 amide bonds.